The van der Waals surface area contributed by atoms with Crippen molar-refractivity contribution in [2.24, 2.45) is 0 Å². The van der Waals surface area contributed by atoms with E-state index in [1.54, 1.807) is 0 Å². The van der Waals surface area contributed by atoms with Crippen LogP contribution in [0.4, 0.5) is 5.69 Å². The van der Waals surface area contributed by atoms with Crippen LogP contribution < -0.4 is 5.73 Å². The van der Waals surface area contributed by atoms with Crippen LogP contribution in [0.25, 0.3) is 11.1 Å². The fourth-order valence-corrected chi connectivity index (χ4v) is 3.09. The summed E-state index contributed by atoms with van der Waals surface area (Å²) in [5, 5.41) is 0.428. The fourth-order valence-electron chi connectivity index (χ4n) is 1.90. The second-order valence-electron chi connectivity index (χ2n) is 3.75. The molecule has 0 aliphatic carbocycles. The summed E-state index contributed by atoms with van der Waals surface area (Å²) in [6.45, 7) is 0. The molecule has 0 saturated carbocycles. The quantitative estimate of drug-likeness (QED) is 0.751. The second kappa shape index (κ2) is 3.45. The topological polar surface area (TPSA) is 52.0 Å². The molecule has 1 saturated heterocycles. The van der Waals surface area contributed by atoms with Crippen molar-refractivity contribution in [3.63, 3.8) is 0 Å². The minimum atomic E-state index is 0.428. The minimum absolute atomic E-state index is 0.428. The molecule has 78 valence electrons. The molecule has 0 radical (unpaired) electrons. The van der Waals surface area contributed by atoms with Gasteiger partial charge in [0.05, 0.1) is 10.9 Å². The van der Waals surface area contributed by atoms with Gasteiger partial charge in [0.25, 0.3) is 0 Å². The van der Waals surface area contributed by atoms with E-state index in [0.29, 0.717) is 10.9 Å². The number of benzene rings is 1. The molecule has 1 aliphatic rings. The van der Waals surface area contributed by atoms with Crippen molar-refractivity contribution in [1.82, 2.24) is 4.98 Å². The largest absolute Gasteiger partial charge is 0.439 e. The van der Waals surface area contributed by atoms with Crippen LogP contribution in [-0.2, 0) is 0 Å². The number of hydrogen-bond donors (Lipinski definition) is 1. The summed E-state index contributed by atoms with van der Waals surface area (Å²) in [5.74, 6) is 2.05. The zero-order valence-corrected chi connectivity index (χ0v) is 9.09. The van der Waals surface area contributed by atoms with E-state index < -0.39 is 0 Å². The predicted molar refractivity (Wildman–Crippen MR) is 62.9 cm³/mol. The summed E-state index contributed by atoms with van der Waals surface area (Å²) < 4.78 is 5.72. The number of oxazole rings is 1. The third-order valence-electron chi connectivity index (χ3n) is 2.67. The number of para-hydroxylation sites is 1. The molecule has 3 rings (SSSR count). The molecule has 1 aromatic carbocycles. The SMILES string of the molecule is Nc1cccc2oc(C3CCCS3)nc12. The number of thioether (sulfide) groups is 1. The van der Waals surface area contributed by atoms with Gasteiger partial charge in [0.15, 0.2) is 5.58 Å². The van der Waals surface area contributed by atoms with E-state index >= 15 is 0 Å². The first kappa shape index (κ1) is 9.09. The molecule has 2 heterocycles. The molecular formula is C11H12N2OS. The van der Waals surface area contributed by atoms with Crippen molar-refractivity contribution in [3.05, 3.63) is 24.1 Å². The number of aromatic nitrogens is 1. The average Bonchev–Trinajstić information content (AvgIpc) is 2.86. The average molecular weight is 220 g/mol. The fraction of sp³-hybridized carbons (Fsp3) is 0.364. The number of nitrogens with zero attached hydrogens (tertiary/aromatic N) is 1. The molecule has 0 spiro atoms. The molecule has 1 atom stereocenters. The predicted octanol–water partition coefficient (Wildman–Crippen LogP) is 2.98. The van der Waals surface area contributed by atoms with Crippen LogP contribution in [0.1, 0.15) is 24.0 Å². The zero-order chi connectivity index (χ0) is 10.3. The molecule has 3 nitrogen and oxygen atoms in total. The third-order valence-corrected chi connectivity index (χ3v) is 4.04. The molecule has 0 amide bonds. The molecule has 1 fully saturated rings. The van der Waals surface area contributed by atoms with Crippen LogP contribution in [0.5, 0.6) is 0 Å². The molecule has 15 heavy (non-hydrogen) atoms. The molecule has 2 aromatic rings. The highest BCUT2D eigenvalue weighted by Gasteiger charge is 2.23. The monoisotopic (exact) mass is 220 g/mol. The lowest BCUT2D eigenvalue weighted by Crippen LogP contribution is -1.89. The summed E-state index contributed by atoms with van der Waals surface area (Å²) in [7, 11) is 0. The molecule has 2 N–H and O–H groups in total. The van der Waals surface area contributed by atoms with Crippen molar-refractivity contribution in [1.29, 1.82) is 0 Å². The Morgan fingerprint density at radius 2 is 2.40 bits per heavy atom. The Bertz CT molecular complexity index is 488. The maximum Gasteiger partial charge on any atom is 0.208 e. The maximum absolute atomic E-state index is 5.84. The zero-order valence-electron chi connectivity index (χ0n) is 8.27. The van der Waals surface area contributed by atoms with Crippen molar-refractivity contribution in [3.8, 4) is 0 Å². The van der Waals surface area contributed by atoms with Crippen LogP contribution >= 0.6 is 11.8 Å². The number of rotatable bonds is 1. The number of nitrogen functional groups attached to an aromatic ring is 1. The van der Waals surface area contributed by atoms with Crippen molar-refractivity contribution < 1.29 is 4.42 Å². The lowest BCUT2D eigenvalue weighted by Gasteiger charge is -2.00. The molecule has 0 bridgehead atoms. The van der Waals surface area contributed by atoms with Gasteiger partial charge in [0.1, 0.15) is 5.52 Å². The number of fused-ring (bicyclic) bond motifs is 1. The first-order valence-corrected chi connectivity index (χ1v) is 6.16. The highest BCUT2D eigenvalue weighted by Crippen LogP contribution is 2.40. The Morgan fingerprint density at radius 3 is 3.13 bits per heavy atom. The molecule has 4 heteroatoms. The number of hydrogen-bond acceptors (Lipinski definition) is 4. The maximum atomic E-state index is 5.84. The normalized spacial score (nSPS) is 21.2. The Kier molecular flexibility index (Phi) is 2.09. The first-order valence-electron chi connectivity index (χ1n) is 5.11. The molecule has 1 aliphatic heterocycles. The van der Waals surface area contributed by atoms with Gasteiger partial charge < -0.3 is 10.2 Å². The molecular weight excluding hydrogens is 208 g/mol. The van der Waals surface area contributed by atoms with E-state index in [1.165, 1.54) is 12.2 Å². The summed E-state index contributed by atoms with van der Waals surface area (Å²) in [5.41, 5.74) is 8.15. The lowest BCUT2D eigenvalue weighted by atomic mass is 10.2. The van der Waals surface area contributed by atoms with E-state index in [2.05, 4.69) is 4.98 Å². The van der Waals surface area contributed by atoms with Gasteiger partial charge in [-0.15, -0.1) is 11.8 Å². The summed E-state index contributed by atoms with van der Waals surface area (Å²) in [6.07, 6.45) is 2.42. The van der Waals surface area contributed by atoms with E-state index in [0.717, 1.165) is 23.4 Å². The minimum Gasteiger partial charge on any atom is -0.439 e. The van der Waals surface area contributed by atoms with Crippen LogP contribution in [0.2, 0.25) is 0 Å². The van der Waals surface area contributed by atoms with Crippen LogP contribution in [0.15, 0.2) is 22.6 Å². The third kappa shape index (κ3) is 1.49. The number of nitrogens with two attached hydrogens (primary N) is 1. The van der Waals surface area contributed by atoms with Crippen molar-refractivity contribution >= 4 is 28.5 Å². The van der Waals surface area contributed by atoms with Gasteiger partial charge in [-0.2, -0.15) is 0 Å². The van der Waals surface area contributed by atoms with Gasteiger partial charge in [-0.1, -0.05) is 6.07 Å². The highest BCUT2D eigenvalue weighted by atomic mass is 32.2. The summed E-state index contributed by atoms with van der Waals surface area (Å²) in [6, 6.07) is 5.67. The second-order valence-corrected chi connectivity index (χ2v) is 5.06. The summed E-state index contributed by atoms with van der Waals surface area (Å²) >= 11 is 1.92. The summed E-state index contributed by atoms with van der Waals surface area (Å²) in [4.78, 5) is 4.48. The van der Waals surface area contributed by atoms with Crippen LogP contribution in [0.3, 0.4) is 0 Å². The van der Waals surface area contributed by atoms with E-state index in [9.17, 15) is 0 Å². The van der Waals surface area contributed by atoms with Crippen molar-refractivity contribution in [2.75, 3.05) is 11.5 Å². The Hall–Kier alpha value is -1.16. The van der Waals surface area contributed by atoms with Crippen LogP contribution in [-0.4, -0.2) is 10.7 Å². The number of anilines is 1. The van der Waals surface area contributed by atoms with Gasteiger partial charge in [-0.3, -0.25) is 0 Å². The van der Waals surface area contributed by atoms with E-state index in [4.69, 9.17) is 10.2 Å². The molecule has 1 unspecified atom stereocenters. The first-order chi connectivity index (χ1) is 7.34. The Balaban J connectivity index is 2.09. The van der Waals surface area contributed by atoms with Gasteiger partial charge in [-0.25, -0.2) is 4.98 Å². The smallest absolute Gasteiger partial charge is 0.208 e. The van der Waals surface area contributed by atoms with E-state index in [-0.39, 0.29) is 0 Å². The highest BCUT2D eigenvalue weighted by molar-refractivity contribution is 7.99. The van der Waals surface area contributed by atoms with Crippen LogP contribution in [0, 0.1) is 0 Å². The van der Waals surface area contributed by atoms with Gasteiger partial charge >= 0.3 is 0 Å². The Morgan fingerprint density at radius 1 is 1.47 bits per heavy atom. The standard InChI is InChI=1S/C11H12N2OS/c12-7-3-1-4-8-10(7)13-11(14-8)9-5-2-6-15-9/h1,3-4,9H,2,5-6,12H2. The molecule has 1 aromatic heterocycles. The van der Waals surface area contributed by atoms with Crippen molar-refractivity contribution in [2.45, 2.75) is 18.1 Å². The Labute approximate surface area is 92.0 Å². The van der Waals surface area contributed by atoms with E-state index in [1.807, 2.05) is 30.0 Å². The lowest BCUT2D eigenvalue weighted by molar-refractivity contribution is 0.519. The van der Waals surface area contributed by atoms with Gasteiger partial charge in [0.2, 0.25) is 5.89 Å². The van der Waals surface area contributed by atoms with Gasteiger partial charge in [-0.05, 0) is 30.7 Å². The van der Waals surface area contributed by atoms with Gasteiger partial charge in [0, 0.05) is 0 Å².